The predicted octanol–water partition coefficient (Wildman–Crippen LogP) is 0.0412. The summed E-state index contributed by atoms with van der Waals surface area (Å²) >= 11 is 0. The molecule has 18 heavy (non-hydrogen) atoms. The van der Waals surface area contributed by atoms with Crippen LogP contribution >= 0.6 is 0 Å². The SMILES string of the molecule is COC(=O)[C@@H](N)Cc1cc([N+](=O)[O-])cnc1OC. The van der Waals surface area contributed by atoms with Crippen molar-refractivity contribution in [1.82, 2.24) is 4.98 Å². The summed E-state index contributed by atoms with van der Waals surface area (Å²) in [7, 11) is 2.59. The van der Waals surface area contributed by atoms with Crippen molar-refractivity contribution in [1.29, 1.82) is 0 Å². The Kier molecular flexibility index (Phi) is 4.55. The van der Waals surface area contributed by atoms with Gasteiger partial charge in [-0.25, -0.2) is 4.98 Å². The van der Waals surface area contributed by atoms with Gasteiger partial charge in [-0.1, -0.05) is 0 Å². The van der Waals surface area contributed by atoms with Gasteiger partial charge in [0, 0.05) is 18.1 Å². The van der Waals surface area contributed by atoms with E-state index in [0.29, 0.717) is 5.56 Å². The van der Waals surface area contributed by atoms with Crippen molar-refractivity contribution in [3.63, 3.8) is 0 Å². The molecular weight excluding hydrogens is 242 g/mol. The molecule has 0 bridgehead atoms. The molecular formula is C10H13N3O5. The molecule has 1 rings (SSSR count). The van der Waals surface area contributed by atoms with Crippen molar-refractivity contribution in [2.75, 3.05) is 14.2 Å². The average molecular weight is 255 g/mol. The predicted molar refractivity (Wildman–Crippen MR) is 61.1 cm³/mol. The topological polar surface area (TPSA) is 118 Å². The maximum absolute atomic E-state index is 11.2. The summed E-state index contributed by atoms with van der Waals surface area (Å²) in [4.78, 5) is 25.0. The second kappa shape index (κ2) is 5.92. The summed E-state index contributed by atoms with van der Waals surface area (Å²) in [6.07, 6.45) is 1.12. The second-order valence-electron chi connectivity index (χ2n) is 3.45. The number of nitrogens with zero attached hydrogens (tertiary/aromatic N) is 2. The van der Waals surface area contributed by atoms with Gasteiger partial charge in [0.1, 0.15) is 12.2 Å². The first kappa shape index (κ1) is 13.8. The number of pyridine rings is 1. The molecule has 1 heterocycles. The van der Waals surface area contributed by atoms with Crippen molar-refractivity contribution in [2.45, 2.75) is 12.5 Å². The fraction of sp³-hybridized carbons (Fsp3) is 0.400. The quantitative estimate of drug-likeness (QED) is 0.448. The van der Waals surface area contributed by atoms with Crippen LogP contribution in [-0.2, 0) is 16.0 Å². The molecule has 0 saturated heterocycles. The third-order valence-corrected chi connectivity index (χ3v) is 2.26. The Balaban J connectivity index is 3.01. The van der Waals surface area contributed by atoms with Crippen LogP contribution in [-0.4, -0.2) is 36.1 Å². The molecule has 1 aromatic rings. The van der Waals surface area contributed by atoms with Gasteiger partial charge in [-0.15, -0.1) is 0 Å². The highest BCUT2D eigenvalue weighted by Crippen LogP contribution is 2.21. The molecule has 2 N–H and O–H groups in total. The zero-order chi connectivity index (χ0) is 13.7. The molecule has 8 heteroatoms. The third kappa shape index (κ3) is 3.14. The van der Waals surface area contributed by atoms with Gasteiger partial charge >= 0.3 is 5.97 Å². The Morgan fingerprint density at radius 3 is 2.78 bits per heavy atom. The number of ether oxygens (including phenoxy) is 2. The van der Waals surface area contributed by atoms with Crippen LogP contribution in [0.15, 0.2) is 12.3 Å². The molecule has 0 spiro atoms. The number of carbonyl (C=O) groups excluding carboxylic acids is 1. The second-order valence-corrected chi connectivity index (χ2v) is 3.45. The first-order chi connectivity index (χ1) is 8.49. The van der Waals surface area contributed by atoms with Gasteiger partial charge in [0.2, 0.25) is 5.88 Å². The molecule has 0 amide bonds. The number of aromatic nitrogens is 1. The molecule has 0 aromatic carbocycles. The van der Waals surface area contributed by atoms with Crippen LogP contribution in [0.1, 0.15) is 5.56 Å². The standard InChI is InChI=1S/C10H13N3O5/c1-17-9-6(4-8(11)10(14)18-2)3-7(5-12-9)13(15)16/h3,5,8H,4,11H2,1-2H3/t8-/m0/s1. The van der Waals surface area contributed by atoms with Crippen molar-refractivity contribution in [3.05, 3.63) is 27.9 Å². The van der Waals surface area contributed by atoms with E-state index in [9.17, 15) is 14.9 Å². The summed E-state index contributed by atoms with van der Waals surface area (Å²) in [6.45, 7) is 0. The van der Waals surface area contributed by atoms with Crippen LogP contribution in [0.2, 0.25) is 0 Å². The molecule has 1 atom stereocenters. The van der Waals surface area contributed by atoms with E-state index in [1.54, 1.807) is 0 Å². The number of hydrogen-bond donors (Lipinski definition) is 1. The van der Waals surface area contributed by atoms with Gasteiger partial charge in [0.05, 0.1) is 19.1 Å². The van der Waals surface area contributed by atoms with Gasteiger partial charge in [-0.05, 0) is 0 Å². The fourth-order valence-corrected chi connectivity index (χ4v) is 1.39. The normalized spacial score (nSPS) is 11.7. The van der Waals surface area contributed by atoms with Gasteiger partial charge in [0.15, 0.2) is 0 Å². The molecule has 1 aromatic heterocycles. The molecule has 0 radical (unpaired) electrons. The van der Waals surface area contributed by atoms with Crippen molar-refractivity contribution in [2.24, 2.45) is 5.73 Å². The van der Waals surface area contributed by atoms with Gasteiger partial charge in [0.25, 0.3) is 5.69 Å². The van der Waals surface area contributed by atoms with Crippen molar-refractivity contribution < 1.29 is 19.2 Å². The molecule has 0 aliphatic rings. The number of nitrogens with two attached hydrogens (primary N) is 1. The van der Waals surface area contributed by atoms with E-state index in [1.165, 1.54) is 20.3 Å². The highest BCUT2D eigenvalue weighted by molar-refractivity contribution is 5.75. The monoisotopic (exact) mass is 255 g/mol. The number of esters is 1. The molecule has 0 saturated carbocycles. The maximum Gasteiger partial charge on any atom is 0.322 e. The zero-order valence-electron chi connectivity index (χ0n) is 9.95. The van der Waals surface area contributed by atoms with E-state index in [2.05, 4.69) is 9.72 Å². The summed E-state index contributed by atoms with van der Waals surface area (Å²) in [6, 6.07) is 0.349. The molecule has 0 aliphatic carbocycles. The lowest BCUT2D eigenvalue weighted by Gasteiger charge is -2.11. The molecule has 0 unspecified atom stereocenters. The lowest BCUT2D eigenvalue weighted by molar-refractivity contribution is -0.385. The average Bonchev–Trinajstić information content (AvgIpc) is 2.37. The van der Waals surface area contributed by atoms with E-state index in [1.807, 2.05) is 0 Å². The minimum Gasteiger partial charge on any atom is -0.481 e. The van der Waals surface area contributed by atoms with Crippen LogP contribution in [0.4, 0.5) is 5.69 Å². The number of hydrogen-bond acceptors (Lipinski definition) is 7. The summed E-state index contributed by atoms with van der Waals surface area (Å²) in [5.74, 6) is -0.413. The van der Waals surface area contributed by atoms with E-state index in [4.69, 9.17) is 10.5 Å². The van der Waals surface area contributed by atoms with E-state index in [0.717, 1.165) is 6.20 Å². The van der Waals surface area contributed by atoms with E-state index < -0.39 is 16.9 Å². The van der Waals surface area contributed by atoms with Gasteiger partial charge in [-0.3, -0.25) is 14.9 Å². The highest BCUT2D eigenvalue weighted by Gasteiger charge is 2.20. The van der Waals surface area contributed by atoms with Crippen LogP contribution in [0.25, 0.3) is 0 Å². The number of methoxy groups -OCH3 is 2. The van der Waals surface area contributed by atoms with Gasteiger partial charge < -0.3 is 15.2 Å². The summed E-state index contributed by atoms with van der Waals surface area (Å²) in [5, 5.41) is 10.6. The zero-order valence-corrected chi connectivity index (χ0v) is 9.95. The largest absolute Gasteiger partial charge is 0.481 e. The maximum atomic E-state index is 11.2. The Labute approximate surface area is 103 Å². The fourth-order valence-electron chi connectivity index (χ4n) is 1.39. The number of rotatable bonds is 5. The van der Waals surface area contributed by atoms with Crippen LogP contribution in [0.5, 0.6) is 5.88 Å². The molecule has 8 nitrogen and oxygen atoms in total. The smallest absolute Gasteiger partial charge is 0.322 e. The molecule has 0 fully saturated rings. The molecule has 98 valence electrons. The van der Waals surface area contributed by atoms with Crippen molar-refractivity contribution >= 4 is 11.7 Å². The first-order valence-electron chi connectivity index (χ1n) is 5.00. The first-order valence-corrected chi connectivity index (χ1v) is 5.00. The Bertz CT molecular complexity index is 463. The summed E-state index contributed by atoms with van der Waals surface area (Å²) < 4.78 is 9.43. The van der Waals surface area contributed by atoms with E-state index >= 15 is 0 Å². The summed E-state index contributed by atoms with van der Waals surface area (Å²) in [5.41, 5.74) is 5.77. The van der Waals surface area contributed by atoms with Gasteiger partial charge in [-0.2, -0.15) is 0 Å². The lowest BCUT2D eigenvalue weighted by atomic mass is 10.1. The lowest BCUT2D eigenvalue weighted by Crippen LogP contribution is -2.33. The third-order valence-electron chi connectivity index (χ3n) is 2.26. The van der Waals surface area contributed by atoms with Crippen LogP contribution < -0.4 is 10.5 Å². The van der Waals surface area contributed by atoms with E-state index in [-0.39, 0.29) is 18.0 Å². The minimum absolute atomic E-state index is 0.0462. The Morgan fingerprint density at radius 1 is 1.61 bits per heavy atom. The number of carbonyl (C=O) groups is 1. The minimum atomic E-state index is -0.923. The highest BCUT2D eigenvalue weighted by atomic mass is 16.6. The Morgan fingerprint density at radius 2 is 2.28 bits per heavy atom. The molecule has 0 aliphatic heterocycles. The number of nitro groups is 1. The Hall–Kier alpha value is -2.22. The van der Waals surface area contributed by atoms with Crippen LogP contribution in [0, 0.1) is 10.1 Å². The van der Waals surface area contributed by atoms with Crippen molar-refractivity contribution in [3.8, 4) is 5.88 Å². The van der Waals surface area contributed by atoms with Crippen LogP contribution in [0.3, 0.4) is 0 Å².